The normalized spacial score (nSPS) is 10.9. The van der Waals surface area contributed by atoms with E-state index in [2.05, 4.69) is 10.3 Å². The van der Waals surface area contributed by atoms with E-state index in [0.717, 1.165) is 25.1 Å². The monoisotopic (exact) mass is 492 g/mol. The summed E-state index contributed by atoms with van der Waals surface area (Å²) < 4.78 is 60.5. The molecule has 2 N–H and O–H groups in total. The second-order valence-corrected chi connectivity index (χ2v) is 7.07. The Kier molecular flexibility index (Phi) is 8.40. The van der Waals surface area contributed by atoms with Gasteiger partial charge in [-0.2, -0.15) is 13.2 Å². The maximum Gasteiger partial charge on any atom is 0.388 e. The topological polar surface area (TPSA) is 62.2 Å². The fourth-order valence-corrected chi connectivity index (χ4v) is 2.60. The smallest absolute Gasteiger partial charge is 0.388 e. The van der Waals surface area contributed by atoms with Gasteiger partial charge < -0.3 is 10.4 Å². The molecule has 0 radical (unpaired) electrons. The van der Waals surface area contributed by atoms with Gasteiger partial charge >= 0.3 is 6.18 Å². The number of amides is 1. The number of alkyl halides is 3. The summed E-state index contributed by atoms with van der Waals surface area (Å²) in [6.07, 6.45) is -3.36. The van der Waals surface area contributed by atoms with Crippen molar-refractivity contribution in [1.82, 2.24) is 4.98 Å². The first kappa shape index (κ1) is 25.4. The van der Waals surface area contributed by atoms with Gasteiger partial charge in [0.1, 0.15) is 17.4 Å². The van der Waals surface area contributed by atoms with Crippen LogP contribution in [0.15, 0.2) is 48.7 Å². The molecule has 4 nitrogen and oxygen atoms in total. The van der Waals surface area contributed by atoms with E-state index in [4.69, 9.17) is 23.2 Å². The lowest BCUT2D eigenvalue weighted by Crippen LogP contribution is -2.14. The molecule has 0 unspecified atom stereocenters. The molecule has 0 aliphatic heterocycles. The van der Waals surface area contributed by atoms with Crippen LogP contribution < -0.4 is 5.32 Å². The van der Waals surface area contributed by atoms with Gasteiger partial charge in [-0.25, -0.2) is 8.78 Å². The summed E-state index contributed by atoms with van der Waals surface area (Å²) in [4.78, 5) is 16.3. The van der Waals surface area contributed by atoms with Gasteiger partial charge in [0.15, 0.2) is 0 Å². The van der Waals surface area contributed by atoms with Crippen LogP contribution in [-0.4, -0.2) is 22.2 Å². The highest BCUT2D eigenvalue weighted by Gasteiger charge is 2.22. The molecule has 1 amide bonds. The molecule has 32 heavy (non-hydrogen) atoms. The zero-order valence-electron chi connectivity index (χ0n) is 16.3. The van der Waals surface area contributed by atoms with Crippen molar-refractivity contribution in [3.63, 3.8) is 0 Å². The lowest BCUT2D eigenvalue weighted by Gasteiger charge is -2.11. The standard InChI is InChI=1S/C18H10Cl2F2N2O2.C3H5F3/c19-9-4-5-15(23-8-9)10-7-16(25)11(6-14(10)22)18(26)24-17-12(20)2-1-3-13(17)21;1-2-3(4,5)6/h1-8,25H,(H,24,26);2H2,1H3. The largest absolute Gasteiger partial charge is 0.507 e. The van der Waals surface area contributed by atoms with E-state index in [9.17, 15) is 31.9 Å². The minimum Gasteiger partial charge on any atom is -0.507 e. The number of phenolic OH excluding ortho intramolecular Hbond substituents is 1. The van der Waals surface area contributed by atoms with E-state index in [0.29, 0.717) is 5.02 Å². The van der Waals surface area contributed by atoms with Crippen LogP contribution in [0.3, 0.4) is 0 Å². The number of nitrogens with one attached hydrogen (secondary N) is 1. The second kappa shape index (κ2) is 10.6. The number of anilines is 1. The number of nitrogens with zero attached hydrogens (tertiary/aromatic N) is 1. The molecule has 0 spiro atoms. The average molecular weight is 493 g/mol. The molecule has 0 saturated heterocycles. The summed E-state index contributed by atoms with van der Waals surface area (Å²) in [5.41, 5.74) is -0.423. The first-order valence-corrected chi connectivity index (χ1v) is 9.65. The van der Waals surface area contributed by atoms with Crippen molar-refractivity contribution in [2.24, 2.45) is 0 Å². The predicted octanol–water partition coefficient (Wildman–Crippen LogP) is 7.25. The van der Waals surface area contributed by atoms with Gasteiger partial charge in [-0.05, 0) is 36.4 Å². The molecule has 0 fully saturated rings. The van der Waals surface area contributed by atoms with Crippen LogP contribution in [0.1, 0.15) is 23.7 Å². The molecular weight excluding hydrogens is 478 g/mol. The van der Waals surface area contributed by atoms with Crippen molar-refractivity contribution in [3.8, 4) is 17.0 Å². The number of benzene rings is 2. The quantitative estimate of drug-likeness (QED) is 0.378. The van der Waals surface area contributed by atoms with E-state index in [-0.39, 0.29) is 27.5 Å². The second-order valence-electron chi connectivity index (χ2n) is 6.23. The third-order valence-electron chi connectivity index (χ3n) is 3.94. The lowest BCUT2D eigenvalue weighted by atomic mass is 10.1. The summed E-state index contributed by atoms with van der Waals surface area (Å²) >= 11 is 11.6. The first-order valence-electron chi connectivity index (χ1n) is 8.89. The summed E-state index contributed by atoms with van der Waals surface area (Å²) in [6.45, 7) is 1.08. The Labute approximate surface area is 189 Å². The Bertz CT molecular complexity index is 1090. The zero-order valence-corrected chi connectivity index (χ0v) is 17.8. The van der Waals surface area contributed by atoms with Crippen LogP contribution in [0.2, 0.25) is 10.0 Å². The third kappa shape index (κ3) is 6.80. The van der Waals surface area contributed by atoms with Crippen molar-refractivity contribution >= 4 is 34.8 Å². The molecule has 170 valence electrons. The number of halogens is 7. The van der Waals surface area contributed by atoms with Crippen LogP contribution in [0.5, 0.6) is 5.75 Å². The van der Waals surface area contributed by atoms with E-state index in [1.165, 1.54) is 30.5 Å². The summed E-state index contributed by atoms with van der Waals surface area (Å²) in [7, 11) is 0. The number of hydrogen-bond acceptors (Lipinski definition) is 3. The Morgan fingerprint density at radius 3 is 2.28 bits per heavy atom. The minimum absolute atomic E-state index is 0.0142. The number of rotatable bonds is 3. The molecule has 2 aromatic carbocycles. The number of carbonyl (C=O) groups excluding carboxylic acids is 1. The number of aromatic hydroxyl groups is 1. The average Bonchev–Trinajstić information content (AvgIpc) is 2.73. The van der Waals surface area contributed by atoms with Crippen molar-refractivity contribution in [2.45, 2.75) is 19.5 Å². The van der Waals surface area contributed by atoms with Crippen LogP contribution in [0.4, 0.5) is 27.6 Å². The van der Waals surface area contributed by atoms with Gasteiger partial charge in [0.2, 0.25) is 0 Å². The Hall–Kier alpha value is -2.91. The summed E-state index contributed by atoms with van der Waals surface area (Å²) in [5, 5.41) is 12.7. The maximum absolute atomic E-state index is 14.4. The maximum atomic E-state index is 14.4. The van der Waals surface area contributed by atoms with Crippen molar-refractivity contribution in [2.75, 3.05) is 5.32 Å². The van der Waals surface area contributed by atoms with Crippen molar-refractivity contribution in [3.05, 3.63) is 75.9 Å². The first-order chi connectivity index (χ1) is 14.9. The fraction of sp³-hybridized carbons (Fsp3) is 0.143. The highest BCUT2D eigenvalue weighted by atomic mass is 35.5. The Morgan fingerprint density at radius 2 is 1.75 bits per heavy atom. The Morgan fingerprint density at radius 1 is 1.09 bits per heavy atom. The van der Waals surface area contributed by atoms with Crippen LogP contribution in [0.25, 0.3) is 11.3 Å². The molecule has 0 atom stereocenters. The van der Waals surface area contributed by atoms with Gasteiger partial charge in [0, 0.05) is 18.2 Å². The molecule has 0 saturated carbocycles. The van der Waals surface area contributed by atoms with Gasteiger partial charge in [-0.15, -0.1) is 0 Å². The van der Waals surface area contributed by atoms with Crippen LogP contribution in [0, 0.1) is 11.6 Å². The number of para-hydroxylation sites is 1. The molecule has 1 aromatic heterocycles. The molecule has 1 heterocycles. The SMILES string of the molecule is CCC(F)(F)F.O=C(Nc1c(F)cccc1Cl)c1cc(F)c(-c2ccc(Cl)cn2)cc1O. The number of aromatic nitrogens is 1. The number of hydrogen-bond donors (Lipinski definition) is 2. The van der Waals surface area contributed by atoms with Gasteiger partial charge in [0.25, 0.3) is 5.91 Å². The minimum atomic E-state index is -3.96. The van der Waals surface area contributed by atoms with Gasteiger partial charge in [0.05, 0.1) is 27.0 Å². The van der Waals surface area contributed by atoms with E-state index < -0.39 is 35.9 Å². The molecule has 3 aromatic rings. The van der Waals surface area contributed by atoms with E-state index in [1.807, 2.05) is 0 Å². The zero-order chi connectivity index (χ0) is 24.1. The number of pyridine rings is 1. The van der Waals surface area contributed by atoms with Crippen molar-refractivity contribution in [1.29, 1.82) is 0 Å². The molecular formula is C21H15Cl2F5N2O2. The molecule has 3 rings (SSSR count). The van der Waals surface area contributed by atoms with Gasteiger partial charge in [-0.1, -0.05) is 36.2 Å². The summed E-state index contributed by atoms with van der Waals surface area (Å²) in [6, 6.07) is 8.75. The number of carbonyl (C=O) groups is 1. The predicted molar refractivity (Wildman–Crippen MR) is 112 cm³/mol. The highest BCUT2D eigenvalue weighted by molar-refractivity contribution is 6.34. The third-order valence-corrected chi connectivity index (χ3v) is 4.47. The van der Waals surface area contributed by atoms with E-state index >= 15 is 0 Å². The lowest BCUT2D eigenvalue weighted by molar-refractivity contribution is -0.130. The molecule has 11 heteroatoms. The molecule has 0 aliphatic rings. The number of phenols is 1. The highest BCUT2D eigenvalue weighted by Crippen LogP contribution is 2.31. The van der Waals surface area contributed by atoms with Crippen LogP contribution >= 0.6 is 23.2 Å². The van der Waals surface area contributed by atoms with Gasteiger partial charge in [-0.3, -0.25) is 9.78 Å². The summed E-state index contributed by atoms with van der Waals surface area (Å²) in [5.74, 6) is -2.96. The fourth-order valence-electron chi connectivity index (χ4n) is 2.27. The van der Waals surface area contributed by atoms with Crippen LogP contribution in [-0.2, 0) is 0 Å². The van der Waals surface area contributed by atoms with Crippen molar-refractivity contribution < 1.29 is 31.9 Å². The molecule has 0 bridgehead atoms. The Balaban J connectivity index is 0.000000534. The molecule has 0 aliphatic carbocycles. The van der Waals surface area contributed by atoms with E-state index in [1.54, 1.807) is 0 Å².